The minimum Gasteiger partial charge on any atom is -0.438 e. The van der Waals surface area contributed by atoms with Gasteiger partial charge in [0, 0.05) is 5.57 Å². The third kappa shape index (κ3) is 4.32. The van der Waals surface area contributed by atoms with Crippen molar-refractivity contribution < 1.29 is 23.8 Å². The highest BCUT2D eigenvalue weighted by Crippen LogP contribution is 1.92. The smallest absolute Gasteiger partial charge is 0.438 e. The molecule has 0 fully saturated rings. The van der Waals surface area contributed by atoms with Crippen LogP contribution >= 0.6 is 0 Å². The van der Waals surface area contributed by atoms with Gasteiger partial charge < -0.3 is 14.2 Å². The molecule has 0 rings (SSSR count). The lowest BCUT2D eigenvalue weighted by Gasteiger charge is -2.03. The molecule has 0 aliphatic heterocycles. The zero-order valence-corrected chi connectivity index (χ0v) is 6.96. The Kier molecular flexibility index (Phi) is 4.52. The van der Waals surface area contributed by atoms with Crippen LogP contribution < -0.4 is 0 Å². The minimum atomic E-state index is -0.899. The van der Waals surface area contributed by atoms with Crippen molar-refractivity contribution in [2.75, 3.05) is 13.9 Å². The van der Waals surface area contributed by atoms with E-state index in [1.807, 2.05) is 0 Å². The number of carbonyl (C=O) groups excluding carboxylic acids is 2. The summed E-state index contributed by atoms with van der Waals surface area (Å²) in [5, 5.41) is 0. The average Bonchev–Trinajstić information content (AvgIpc) is 2.03. The van der Waals surface area contributed by atoms with E-state index in [2.05, 4.69) is 20.8 Å². The molecule has 68 valence electrons. The van der Waals surface area contributed by atoms with Gasteiger partial charge in [-0.1, -0.05) is 6.58 Å². The first kappa shape index (κ1) is 10.5. The molecule has 0 N–H and O–H groups in total. The predicted molar refractivity (Wildman–Crippen MR) is 39.3 cm³/mol. The van der Waals surface area contributed by atoms with Gasteiger partial charge in [-0.15, -0.1) is 0 Å². The van der Waals surface area contributed by atoms with Gasteiger partial charge in [0.15, 0.2) is 0 Å². The maximum Gasteiger partial charge on any atom is 0.510 e. The maximum atomic E-state index is 10.7. The molecule has 0 heterocycles. The summed E-state index contributed by atoms with van der Waals surface area (Å²) in [5.41, 5.74) is 0.239. The van der Waals surface area contributed by atoms with Crippen molar-refractivity contribution in [2.45, 2.75) is 6.92 Å². The fourth-order valence-corrected chi connectivity index (χ4v) is 0.313. The number of esters is 1. The Bertz CT molecular complexity index is 196. The molecular weight excluding hydrogens is 164 g/mol. The molecule has 0 aromatic heterocycles. The number of ether oxygens (including phenoxy) is 3. The van der Waals surface area contributed by atoms with Crippen LogP contribution in [-0.2, 0) is 19.0 Å². The summed E-state index contributed by atoms with van der Waals surface area (Å²) in [6.45, 7) is 4.35. The fourth-order valence-electron chi connectivity index (χ4n) is 0.313. The first-order valence-corrected chi connectivity index (χ1v) is 3.11. The summed E-state index contributed by atoms with van der Waals surface area (Å²) in [6, 6.07) is 0. The van der Waals surface area contributed by atoms with Crippen LogP contribution in [0.1, 0.15) is 6.92 Å². The Morgan fingerprint density at radius 3 is 2.33 bits per heavy atom. The van der Waals surface area contributed by atoms with Crippen molar-refractivity contribution in [2.24, 2.45) is 0 Å². The van der Waals surface area contributed by atoms with Crippen molar-refractivity contribution in [1.82, 2.24) is 0 Å². The van der Waals surface area contributed by atoms with E-state index in [1.54, 1.807) is 0 Å². The Morgan fingerprint density at radius 2 is 1.92 bits per heavy atom. The van der Waals surface area contributed by atoms with E-state index < -0.39 is 18.9 Å². The predicted octanol–water partition coefficient (Wildman–Crippen LogP) is 0.846. The number of carbonyl (C=O) groups is 2. The molecule has 0 saturated heterocycles. The van der Waals surface area contributed by atoms with Crippen molar-refractivity contribution in [1.29, 1.82) is 0 Å². The molecule has 0 aromatic rings. The summed E-state index contributed by atoms with van der Waals surface area (Å²) in [6.07, 6.45) is -0.899. The molecule has 12 heavy (non-hydrogen) atoms. The number of rotatable bonds is 3. The Hall–Kier alpha value is -1.52. The van der Waals surface area contributed by atoms with Crippen LogP contribution in [0.15, 0.2) is 12.2 Å². The normalized spacial score (nSPS) is 8.50. The Labute approximate surface area is 69.9 Å². The Balaban J connectivity index is 3.50. The molecule has 0 bridgehead atoms. The molecule has 0 unspecified atom stereocenters. The maximum absolute atomic E-state index is 10.7. The van der Waals surface area contributed by atoms with Crippen LogP contribution in [0, 0.1) is 0 Å². The molecule has 5 nitrogen and oxygen atoms in total. The first-order chi connectivity index (χ1) is 5.57. The molecular formula is C7H10O5. The average molecular weight is 174 g/mol. The number of hydrogen-bond acceptors (Lipinski definition) is 5. The number of hydrogen-bond donors (Lipinski definition) is 0. The van der Waals surface area contributed by atoms with Crippen molar-refractivity contribution in [3.63, 3.8) is 0 Å². The van der Waals surface area contributed by atoms with Crippen LogP contribution in [0.4, 0.5) is 4.79 Å². The lowest BCUT2D eigenvalue weighted by Crippen LogP contribution is -2.12. The SMILES string of the molecule is C=C(C)C(=O)OCOC(=O)OC. The highest BCUT2D eigenvalue weighted by atomic mass is 16.8. The third-order valence-electron chi connectivity index (χ3n) is 0.882. The molecule has 0 saturated carbocycles. The highest BCUT2D eigenvalue weighted by Gasteiger charge is 2.04. The van der Waals surface area contributed by atoms with Gasteiger partial charge in [-0.2, -0.15) is 0 Å². The molecule has 0 radical (unpaired) electrons. The zero-order valence-electron chi connectivity index (χ0n) is 6.96. The van der Waals surface area contributed by atoms with E-state index in [-0.39, 0.29) is 5.57 Å². The van der Waals surface area contributed by atoms with E-state index in [9.17, 15) is 9.59 Å². The van der Waals surface area contributed by atoms with E-state index in [4.69, 9.17) is 0 Å². The summed E-state index contributed by atoms with van der Waals surface area (Å²) in [4.78, 5) is 21.0. The summed E-state index contributed by atoms with van der Waals surface area (Å²) < 4.78 is 12.8. The van der Waals surface area contributed by atoms with Crippen LogP contribution in [0.2, 0.25) is 0 Å². The molecule has 0 atom stereocenters. The van der Waals surface area contributed by atoms with Gasteiger partial charge in [0.25, 0.3) is 0 Å². The Morgan fingerprint density at radius 1 is 1.33 bits per heavy atom. The van der Waals surface area contributed by atoms with Gasteiger partial charge in [-0.3, -0.25) is 0 Å². The van der Waals surface area contributed by atoms with Crippen LogP contribution in [0.25, 0.3) is 0 Å². The zero-order chi connectivity index (χ0) is 9.56. The van der Waals surface area contributed by atoms with Crippen LogP contribution in [0.5, 0.6) is 0 Å². The van der Waals surface area contributed by atoms with Crippen molar-refractivity contribution >= 4 is 12.1 Å². The summed E-state index contributed by atoms with van der Waals surface area (Å²) in [5.74, 6) is -0.612. The lowest BCUT2D eigenvalue weighted by atomic mass is 10.4. The van der Waals surface area contributed by atoms with Gasteiger partial charge in [-0.25, -0.2) is 9.59 Å². The molecule has 0 aliphatic rings. The van der Waals surface area contributed by atoms with Gasteiger partial charge in [0.2, 0.25) is 6.79 Å². The van der Waals surface area contributed by atoms with Crippen LogP contribution in [-0.4, -0.2) is 26.0 Å². The number of methoxy groups -OCH3 is 1. The van der Waals surface area contributed by atoms with Gasteiger partial charge in [0.1, 0.15) is 0 Å². The fraction of sp³-hybridized carbons (Fsp3) is 0.429. The van der Waals surface area contributed by atoms with Crippen molar-refractivity contribution in [3.8, 4) is 0 Å². The minimum absolute atomic E-state index is 0.239. The van der Waals surface area contributed by atoms with Gasteiger partial charge in [0.05, 0.1) is 7.11 Å². The summed E-state index contributed by atoms with van der Waals surface area (Å²) >= 11 is 0. The standard InChI is InChI=1S/C7H10O5/c1-5(2)6(8)11-4-12-7(9)10-3/h1,4H2,2-3H3. The second-order valence-corrected chi connectivity index (χ2v) is 1.93. The second kappa shape index (κ2) is 5.17. The van der Waals surface area contributed by atoms with Gasteiger partial charge >= 0.3 is 12.1 Å². The van der Waals surface area contributed by atoms with E-state index >= 15 is 0 Å². The highest BCUT2D eigenvalue weighted by molar-refractivity contribution is 5.86. The quantitative estimate of drug-likeness (QED) is 0.360. The molecule has 0 amide bonds. The largest absolute Gasteiger partial charge is 0.510 e. The molecule has 0 aliphatic carbocycles. The lowest BCUT2D eigenvalue weighted by molar-refractivity contribution is -0.148. The van der Waals surface area contributed by atoms with Crippen molar-refractivity contribution in [3.05, 3.63) is 12.2 Å². The first-order valence-electron chi connectivity index (χ1n) is 3.11. The molecule has 0 spiro atoms. The van der Waals surface area contributed by atoms with E-state index in [1.165, 1.54) is 6.92 Å². The topological polar surface area (TPSA) is 61.8 Å². The third-order valence-corrected chi connectivity index (χ3v) is 0.882. The second-order valence-electron chi connectivity index (χ2n) is 1.93. The molecule has 0 aromatic carbocycles. The van der Waals surface area contributed by atoms with Crippen LogP contribution in [0.3, 0.4) is 0 Å². The van der Waals surface area contributed by atoms with E-state index in [0.29, 0.717) is 0 Å². The van der Waals surface area contributed by atoms with Gasteiger partial charge in [-0.05, 0) is 6.92 Å². The summed E-state index contributed by atoms with van der Waals surface area (Å²) in [7, 11) is 1.16. The van der Waals surface area contributed by atoms with E-state index in [0.717, 1.165) is 7.11 Å². The monoisotopic (exact) mass is 174 g/mol. The molecule has 5 heteroatoms.